The van der Waals surface area contributed by atoms with Gasteiger partial charge in [-0.1, -0.05) is 184 Å². The molecule has 0 amide bonds. The zero-order valence-electron chi connectivity index (χ0n) is 36.1. The Labute approximate surface area is 375 Å². The predicted octanol–water partition coefficient (Wildman–Crippen LogP) is 16.2. The number of rotatable bonds is 5. The minimum atomic E-state index is -0.476. The fraction of sp³-hybridized carbons (Fsp3) is 0.129. The normalized spacial score (nSPS) is 19.6. The number of allylic oxidation sites excluding steroid dienone is 8. The molecule has 8 aromatic rings. The van der Waals surface area contributed by atoms with E-state index in [9.17, 15) is 0 Å². The van der Waals surface area contributed by atoms with Crippen LogP contribution < -0.4 is 9.64 Å². The summed E-state index contributed by atoms with van der Waals surface area (Å²) in [4.78, 5) is 2.53. The Hall–Kier alpha value is -7.42. The lowest BCUT2D eigenvalue weighted by molar-refractivity contribution is 0.394. The third kappa shape index (κ3) is 5.26. The lowest BCUT2D eigenvalue weighted by atomic mass is 9.66. The zero-order chi connectivity index (χ0) is 42.6. The van der Waals surface area contributed by atoms with Crippen LogP contribution in [0.2, 0.25) is 0 Å². The van der Waals surface area contributed by atoms with Gasteiger partial charge in [0.15, 0.2) is 0 Å². The smallest absolute Gasteiger partial charge is 0.132 e. The molecule has 3 unspecified atom stereocenters. The van der Waals surface area contributed by atoms with Crippen molar-refractivity contribution < 1.29 is 4.74 Å². The van der Waals surface area contributed by atoms with E-state index in [1.165, 1.54) is 83.3 Å². The topological polar surface area (TPSA) is 12.5 Å². The maximum atomic E-state index is 6.58. The molecule has 1 heterocycles. The number of nitrogens with zero attached hydrogens (tertiary/aromatic N) is 1. The summed E-state index contributed by atoms with van der Waals surface area (Å²) in [5.74, 6) is 2.92. The van der Waals surface area contributed by atoms with Gasteiger partial charge in [-0.2, -0.15) is 0 Å². The van der Waals surface area contributed by atoms with Gasteiger partial charge in [0.25, 0.3) is 0 Å². The van der Waals surface area contributed by atoms with Gasteiger partial charge < -0.3 is 9.64 Å². The molecule has 2 heteroatoms. The monoisotopic (exact) mass is 821 g/mol. The van der Waals surface area contributed by atoms with E-state index in [4.69, 9.17) is 4.74 Å². The molecule has 1 spiro atoms. The first-order chi connectivity index (χ1) is 31.5. The van der Waals surface area contributed by atoms with Crippen molar-refractivity contribution in [1.82, 2.24) is 0 Å². The lowest BCUT2D eigenvalue weighted by Crippen LogP contribution is -2.32. The average molecular weight is 822 g/mol. The van der Waals surface area contributed by atoms with Crippen LogP contribution in [-0.4, -0.2) is 0 Å². The molecule has 0 bridgehead atoms. The summed E-state index contributed by atoms with van der Waals surface area (Å²) in [7, 11) is 0. The highest BCUT2D eigenvalue weighted by molar-refractivity contribution is 5.95. The van der Waals surface area contributed by atoms with Gasteiger partial charge in [-0.3, -0.25) is 0 Å². The van der Waals surface area contributed by atoms with Crippen molar-refractivity contribution in [1.29, 1.82) is 0 Å². The van der Waals surface area contributed by atoms with Gasteiger partial charge in [-0.05, 0) is 127 Å². The van der Waals surface area contributed by atoms with Gasteiger partial charge in [0.1, 0.15) is 11.5 Å². The van der Waals surface area contributed by atoms with Gasteiger partial charge in [0.05, 0.1) is 11.1 Å². The SMILES string of the molecule is CC1(C)c2cc(N(c3ccc(-c4ccc5c(c4)-c4ccccc4C54c5ccccc5Oc5ccccc54)cc3)c3ccc4ccccc4c3C3C=CC=CC3)ccc2C2C=CC=CC21. The Morgan fingerprint density at radius 2 is 1.19 bits per heavy atom. The number of hydrogen-bond donors (Lipinski definition) is 0. The van der Waals surface area contributed by atoms with Gasteiger partial charge in [-0.25, -0.2) is 0 Å². The molecule has 2 nitrogen and oxygen atoms in total. The molecule has 3 atom stereocenters. The van der Waals surface area contributed by atoms with E-state index >= 15 is 0 Å². The number of anilines is 3. The highest BCUT2D eigenvalue weighted by Gasteiger charge is 2.51. The van der Waals surface area contributed by atoms with E-state index in [1.807, 2.05) is 0 Å². The number of hydrogen-bond acceptors (Lipinski definition) is 2. The molecule has 0 radical (unpaired) electrons. The Kier molecular flexibility index (Phi) is 8.15. The van der Waals surface area contributed by atoms with E-state index in [1.54, 1.807) is 0 Å². The summed E-state index contributed by atoms with van der Waals surface area (Å²) in [5.41, 5.74) is 17.2. The van der Waals surface area contributed by atoms with Crippen LogP contribution in [-0.2, 0) is 10.8 Å². The first-order valence-corrected chi connectivity index (χ1v) is 22.9. The van der Waals surface area contributed by atoms with Crippen LogP contribution in [0.15, 0.2) is 218 Å². The van der Waals surface area contributed by atoms with Crippen molar-refractivity contribution in [3.63, 3.8) is 0 Å². The van der Waals surface area contributed by atoms with Crippen molar-refractivity contribution in [2.75, 3.05) is 4.90 Å². The molecule has 0 fully saturated rings. The summed E-state index contributed by atoms with van der Waals surface area (Å²) in [6, 6.07) is 63.5. The van der Waals surface area contributed by atoms with Crippen LogP contribution in [0.25, 0.3) is 33.0 Å². The largest absolute Gasteiger partial charge is 0.457 e. The molecule has 8 aromatic carbocycles. The predicted molar refractivity (Wildman–Crippen MR) is 265 cm³/mol. The van der Waals surface area contributed by atoms with E-state index < -0.39 is 5.41 Å². The molecule has 64 heavy (non-hydrogen) atoms. The minimum Gasteiger partial charge on any atom is -0.457 e. The van der Waals surface area contributed by atoms with Gasteiger partial charge in [0, 0.05) is 34.3 Å². The maximum absolute atomic E-state index is 6.58. The summed E-state index contributed by atoms with van der Waals surface area (Å²) in [6.45, 7) is 4.86. The molecule has 0 saturated carbocycles. The maximum Gasteiger partial charge on any atom is 0.132 e. The number of ether oxygens (including phenoxy) is 1. The van der Waals surface area contributed by atoms with Crippen molar-refractivity contribution in [3.8, 4) is 33.8 Å². The molecular weight excluding hydrogens is 775 g/mol. The lowest BCUT2D eigenvalue weighted by Gasteiger charge is -2.39. The molecular formula is C62H47NO. The van der Waals surface area contributed by atoms with Crippen molar-refractivity contribution in [3.05, 3.63) is 257 Å². The second-order valence-electron chi connectivity index (χ2n) is 18.7. The molecule has 0 N–H and O–H groups in total. The Morgan fingerprint density at radius 3 is 1.98 bits per heavy atom. The summed E-state index contributed by atoms with van der Waals surface area (Å²) in [6.07, 6.45) is 19.3. The zero-order valence-corrected chi connectivity index (χ0v) is 36.1. The molecule has 1 aliphatic heterocycles. The van der Waals surface area contributed by atoms with E-state index in [0.717, 1.165) is 23.6 Å². The fourth-order valence-electron chi connectivity index (χ4n) is 12.2. The highest BCUT2D eigenvalue weighted by Crippen LogP contribution is 2.62. The number of benzene rings is 8. The first kappa shape index (κ1) is 37.2. The second kappa shape index (κ2) is 14.0. The van der Waals surface area contributed by atoms with E-state index in [2.05, 4.69) is 237 Å². The number of para-hydroxylation sites is 2. The molecule has 13 rings (SSSR count). The summed E-state index contributed by atoms with van der Waals surface area (Å²) >= 11 is 0. The summed E-state index contributed by atoms with van der Waals surface area (Å²) < 4.78 is 6.58. The van der Waals surface area contributed by atoms with Crippen LogP contribution >= 0.6 is 0 Å². The molecule has 5 aliphatic rings. The van der Waals surface area contributed by atoms with Gasteiger partial charge in [0.2, 0.25) is 0 Å². The van der Waals surface area contributed by atoms with E-state index in [-0.39, 0.29) is 11.3 Å². The quantitative estimate of drug-likeness (QED) is 0.171. The molecule has 0 aromatic heterocycles. The Morgan fingerprint density at radius 1 is 0.516 bits per heavy atom. The first-order valence-electron chi connectivity index (χ1n) is 22.9. The van der Waals surface area contributed by atoms with Crippen LogP contribution in [0.4, 0.5) is 17.1 Å². The van der Waals surface area contributed by atoms with Crippen molar-refractivity contribution in [2.24, 2.45) is 5.92 Å². The Bertz CT molecular complexity index is 3300. The van der Waals surface area contributed by atoms with Gasteiger partial charge in [-0.15, -0.1) is 0 Å². The van der Waals surface area contributed by atoms with Crippen molar-refractivity contribution in [2.45, 2.75) is 42.9 Å². The van der Waals surface area contributed by atoms with Crippen LogP contribution in [0.1, 0.15) is 71.0 Å². The number of fused-ring (bicyclic) bond motifs is 13. The van der Waals surface area contributed by atoms with Crippen LogP contribution in [0, 0.1) is 5.92 Å². The average Bonchev–Trinajstić information content (AvgIpc) is 3.77. The molecule has 306 valence electrons. The summed E-state index contributed by atoms with van der Waals surface area (Å²) in [5, 5.41) is 2.57. The molecule has 4 aliphatic carbocycles. The van der Waals surface area contributed by atoms with Gasteiger partial charge >= 0.3 is 0 Å². The standard InChI is InChI=1S/C62H47NO/c1-61(2)51-22-10-8-20-47(51)49-35-34-45(39-56(49)61)63(57-37-31-41-16-6-7-19-46(41)60(57)42-17-4-3-5-18-42)44-32-28-40(29-33-44)43-30-36-53-50(38-43)48-21-9-11-23-52(48)62(53)54-24-12-14-26-58(54)64-59-27-15-13-25-55(59)62/h3-17,19-39,42,47,51H,18H2,1-2H3. The van der Waals surface area contributed by atoms with E-state index in [0.29, 0.717) is 11.8 Å². The minimum absolute atomic E-state index is 0.00448. The molecule has 0 saturated heterocycles. The second-order valence-corrected chi connectivity index (χ2v) is 18.7. The fourth-order valence-corrected chi connectivity index (χ4v) is 12.2. The van der Waals surface area contributed by atoms with Crippen LogP contribution in [0.3, 0.4) is 0 Å². The van der Waals surface area contributed by atoms with Crippen molar-refractivity contribution >= 4 is 27.8 Å². The third-order valence-corrected chi connectivity index (χ3v) is 15.2. The highest BCUT2D eigenvalue weighted by atomic mass is 16.5. The third-order valence-electron chi connectivity index (χ3n) is 15.2. The Balaban J connectivity index is 0.967. The van der Waals surface area contributed by atoms with Crippen LogP contribution in [0.5, 0.6) is 11.5 Å².